The molecule has 1 aromatic rings. The molecular formula is C28H46N2O2. The minimum Gasteiger partial charge on any atom is -0.370 e. The van der Waals surface area contributed by atoms with Crippen molar-refractivity contribution < 1.29 is 9.47 Å². The quantitative estimate of drug-likeness (QED) is 0.331. The average Bonchev–Trinajstić information content (AvgIpc) is 2.83. The van der Waals surface area contributed by atoms with E-state index in [4.69, 9.17) is 9.47 Å². The fourth-order valence-corrected chi connectivity index (χ4v) is 5.91. The summed E-state index contributed by atoms with van der Waals surface area (Å²) in [6.07, 6.45) is 12.4. The van der Waals surface area contributed by atoms with E-state index >= 15 is 0 Å². The number of hydrogen-bond donors (Lipinski definition) is 1. The lowest BCUT2D eigenvalue weighted by Gasteiger charge is -2.55. The first-order chi connectivity index (χ1) is 15.7. The summed E-state index contributed by atoms with van der Waals surface area (Å²) >= 11 is 0. The molecule has 4 nitrogen and oxygen atoms in total. The van der Waals surface area contributed by atoms with Crippen molar-refractivity contribution in [3.05, 3.63) is 29.8 Å². The number of nitrogens with one attached hydrogen (secondary N) is 1. The summed E-state index contributed by atoms with van der Waals surface area (Å²) in [4.78, 5) is 2.60. The van der Waals surface area contributed by atoms with Crippen LogP contribution < -0.4 is 10.2 Å². The van der Waals surface area contributed by atoms with E-state index in [1.807, 2.05) is 0 Å². The Labute approximate surface area is 196 Å². The predicted molar refractivity (Wildman–Crippen MR) is 133 cm³/mol. The lowest BCUT2D eigenvalue weighted by atomic mass is 9.65. The Balaban J connectivity index is 1.24. The molecule has 4 rings (SSSR count). The summed E-state index contributed by atoms with van der Waals surface area (Å²) in [6, 6.07) is 9.52. The van der Waals surface area contributed by atoms with Crippen LogP contribution in [0.3, 0.4) is 0 Å². The zero-order chi connectivity index (χ0) is 22.2. The van der Waals surface area contributed by atoms with E-state index in [1.165, 1.54) is 75.7 Å². The lowest BCUT2D eigenvalue weighted by Crippen LogP contribution is -2.58. The molecule has 3 fully saturated rings. The maximum absolute atomic E-state index is 6.20. The molecule has 1 saturated carbocycles. The first kappa shape index (κ1) is 24.0. The Kier molecular flexibility index (Phi) is 8.90. The van der Waals surface area contributed by atoms with Crippen LogP contribution in [0.25, 0.3) is 0 Å². The molecule has 32 heavy (non-hydrogen) atoms. The van der Waals surface area contributed by atoms with Crippen LogP contribution in [0, 0.1) is 11.3 Å². The van der Waals surface area contributed by atoms with Crippen molar-refractivity contribution in [2.75, 3.05) is 44.3 Å². The molecule has 1 N–H and O–H groups in total. The lowest BCUT2D eigenvalue weighted by molar-refractivity contribution is -0.183. The van der Waals surface area contributed by atoms with Gasteiger partial charge in [-0.15, -0.1) is 0 Å². The number of hydrogen-bond acceptors (Lipinski definition) is 4. The van der Waals surface area contributed by atoms with Crippen molar-refractivity contribution >= 4 is 5.69 Å². The molecule has 0 atom stereocenters. The fourth-order valence-electron chi connectivity index (χ4n) is 5.91. The van der Waals surface area contributed by atoms with Gasteiger partial charge in [-0.3, -0.25) is 0 Å². The minimum absolute atomic E-state index is 0.0177. The highest BCUT2D eigenvalue weighted by Crippen LogP contribution is 2.48. The Morgan fingerprint density at radius 2 is 1.50 bits per heavy atom. The number of ether oxygens (including phenoxy) is 2. The molecule has 180 valence electrons. The summed E-state index contributed by atoms with van der Waals surface area (Å²) in [5.41, 5.74) is 3.48. The minimum atomic E-state index is 0.0177. The first-order valence-corrected chi connectivity index (χ1v) is 13.5. The highest BCUT2D eigenvalue weighted by molar-refractivity contribution is 5.51. The van der Waals surface area contributed by atoms with Gasteiger partial charge in [0.2, 0.25) is 0 Å². The summed E-state index contributed by atoms with van der Waals surface area (Å²) in [5, 5.41) is 3.48. The van der Waals surface area contributed by atoms with Gasteiger partial charge in [0, 0.05) is 43.3 Å². The van der Waals surface area contributed by atoms with Crippen LogP contribution in [0.15, 0.2) is 24.3 Å². The highest BCUT2D eigenvalue weighted by atomic mass is 16.7. The molecule has 0 radical (unpaired) electrons. The number of anilines is 1. The monoisotopic (exact) mass is 442 g/mol. The first-order valence-electron chi connectivity index (χ1n) is 13.5. The van der Waals surface area contributed by atoms with Crippen LogP contribution in [0.2, 0.25) is 0 Å². The Morgan fingerprint density at radius 3 is 2.06 bits per heavy atom. The highest BCUT2D eigenvalue weighted by Gasteiger charge is 2.46. The van der Waals surface area contributed by atoms with Crippen molar-refractivity contribution in [1.82, 2.24) is 5.32 Å². The Morgan fingerprint density at radius 1 is 0.906 bits per heavy atom. The maximum Gasteiger partial charge on any atom is 0.160 e. The largest absolute Gasteiger partial charge is 0.370 e. The van der Waals surface area contributed by atoms with Crippen LogP contribution >= 0.6 is 0 Å². The molecule has 3 aliphatic rings. The third-order valence-electron chi connectivity index (χ3n) is 8.16. The van der Waals surface area contributed by atoms with E-state index in [0.717, 1.165) is 45.1 Å². The summed E-state index contributed by atoms with van der Waals surface area (Å²) < 4.78 is 12.4. The van der Waals surface area contributed by atoms with Gasteiger partial charge < -0.3 is 19.7 Å². The second-order valence-corrected chi connectivity index (χ2v) is 10.6. The van der Waals surface area contributed by atoms with Gasteiger partial charge in [-0.2, -0.15) is 0 Å². The van der Waals surface area contributed by atoms with E-state index in [9.17, 15) is 0 Å². The third kappa shape index (κ3) is 6.07. The number of nitrogens with zero attached hydrogens (tertiary/aromatic N) is 1. The Hall–Kier alpha value is -1.10. The second-order valence-electron chi connectivity index (χ2n) is 10.6. The normalized spacial score (nSPS) is 21.9. The zero-order valence-corrected chi connectivity index (χ0v) is 20.6. The molecule has 0 amide bonds. The number of piperidine rings is 1. The number of unbranched alkanes of at least 4 members (excludes halogenated alkanes) is 2. The van der Waals surface area contributed by atoms with Crippen molar-refractivity contribution in [1.29, 1.82) is 0 Å². The number of benzene rings is 1. The van der Waals surface area contributed by atoms with Crippen LogP contribution in [0.1, 0.15) is 89.5 Å². The van der Waals surface area contributed by atoms with Gasteiger partial charge in [-0.25, -0.2) is 0 Å². The zero-order valence-electron chi connectivity index (χ0n) is 20.6. The molecule has 2 aliphatic heterocycles. The van der Waals surface area contributed by atoms with Crippen molar-refractivity contribution in [2.45, 2.75) is 90.3 Å². The molecule has 0 aromatic heterocycles. The molecule has 2 heterocycles. The van der Waals surface area contributed by atoms with Crippen LogP contribution in [-0.4, -0.2) is 45.7 Å². The summed E-state index contributed by atoms with van der Waals surface area (Å²) in [7, 11) is 0. The van der Waals surface area contributed by atoms with Gasteiger partial charge in [0.25, 0.3) is 0 Å². The SMILES string of the molecule is CCCCOC(OCCCC)C1CCC2(CC1)CN(c1ccc(C3CCNCC3)cc1)C2. The van der Waals surface area contributed by atoms with Crippen molar-refractivity contribution in [2.24, 2.45) is 11.3 Å². The molecule has 4 heteroatoms. The fraction of sp³-hybridized carbons (Fsp3) is 0.786. The van der Waals surface area contributed by atoms with Gasteiger partial charge >= 0.3 is 0 Å². The van der Waals surface area contributed by atoms with Gasteiger partial charge in [0.05, 0.1) is 0 Å². The van der Waals surface area contributed by atoms with Gasteiger partial charge in [0.15, 0.2) is 6.29 Å². The van der Waals surface area contributed by atoms with Crippen molar-refractivity contribution in [3.8, 4) is 0 Å². The molecule has 0 unspecified atom stereocenters. The summed E-state index contributed by atoms with van der Waals surface area (Å²) in [6.45, 7) is 10.9. The molecule has 1 spiro atoms. The van der Waals surface area contributed by atoms with Crippen LogP contribution in [0.4, 0.5) is 5.69 Å². The molecule has 1 aromatic carbocycles. The number of rotatable bonds is 11. The van der Waals surface area contributed by atoms with Gasteiger partial charge in [-0.1, -0.05) is 38.8 Å². The predicted octanol–water partition coefficient (Wildman–Crippen LogP) is 6.11. The molecule has 1 aliphatic carbocycles. The van der Waals surface area contributed by atoms with Crippen molar-refractivity contribution in [3.63, 3.8) is 0 Å². The smallest absolute Gasteiger partial charge is 0.160 e. The molecular weight excluding hydrogens is 396 g/mol. The average molecular weight is 443 g/mol. The van der Waals surface area contributed by atoms with E-state index in [1.54, 1.807) is 0 Å². The second kappa shape index (κ2) is 11.9. The van der Waals surface area contributed by atoms with E-state index in [0.29, 0.717) is 11.3 Å². The standard InChI is InChI=1S/C28H46N2O2/c1-3-5-19-31-27(32-20-6-4-2)25-11-15-28(16-12-25)21-30(22-28)26-9-7-23(8-10-26)24-13-17-29-18-14-24/h7-10,24-25,27,29H,3-6,11-22H2,1-2H3. The van der Waals surface area contributed by atoms with Gasteiger partial charge in [0.1, 0.15) is 0 Å². The topological polar surface area (TPSA) is 33.7 Å². The molecule has 2 saturated heterocycles. The Bertz CT molecular complexity index is 645. The van der Waals surface area contributed by atoms with Gasteiger partial charge in [-0.05, 0) is 88.1 Å². The van der Waals surface area contributed by atoms with E-state index in [-0.39, 0.29) is 6.29 Å². The third-order valence-corrected chi connectivity index (χ3v) is 8.16. The van der Waals surface area contributed by atoms with Crippen LogP contribution in [-0.2, 0) is 9.47 Å². The molecule has 0 bridgehead atoms. The van der Waals surface area contributed by atoms with E-state index in [2.05, 4.69) is 48.3 Å². The van der Waals surface area contributed by atoms with Crippen LogP contribution in [0.5, 0.6) is 0 Å². The van der Waals surface area contributed by atoms with E-state index < -0.39 is 0 Å². The summed E-state index contributed by atoms with van der Waals surface area (Å²) in [5.74, 6) is 1.32. The maximum atomic E-state index is 6.20.